The van der Waals surface area contributed by atoms with E-state index in [0.717, 1.165) is 13.1 Å². The average molecular weight is 192 g/mol. The molecule has 0 aliphatic carbocycles. The second-order valence-corrected chi connectivity index (χ2v) is 3.59. The molecule has 0 spiro atoms. The molecule has 1 saturated heterocycles. The number of nitrogens with one attached hydrogen (secondary N) is 2. The van der Waals surface area contributed by atoms with Crippen molar-refractivity contribution in [1.29, 1.82) is 0 Å². The van der Waals surface area contributed by atoms with Crippen molar-refractivity contribution in [1.82, 2.24) is 5.32 Å². The van der Waals surface area contributed by atoms with Crippen LogP contribution in [0.1, 0.15) is 5.56 Å². The number of benzene rings is 1. The number of hydrogen-bond acceptors (Lipinski definition) is 3. The van der Waals surface area contributed by atoms with E-state index in [0.29, 0.717) is 12.6 Å². The zero-order chi connectivity index (χ0) is 9.80. The molecule has 2 N–H and O–H groups in total. The van der Waals surface area contributed by atoms with E-state index < -0.39 is 0 Å². The highest BCUT2D eigenvalue weighted by Crippen LogP contribution is 2.17. The summed E-state index contributed by atoms with van der Waals surface area (Å²) in [6.07, 6.45) is 0. The van der Waals surface area contributed by atoms with Crippen LogP contribution >= 0.6 is 0 Å². The van der Waals surface area contributed by atoms with E-state index in [4.69, 9.17) is 4.74 Å². The first kappa shape index (κ1) is 9.49. The molecule has 0 radical (unpaired) electrons. The Hall–Kier alpha value is -1.06. The molecule has 0 bridgehead atoms. The number of rotatable bonds is 4. The Kier molecular flexibility index (Phi) is 3.01. The molecule has 0 saturated carbocycles. The minimum Gasteiger partial charge on any atom is -0.380 e. The van der Waals surface area contributed by atoms with Crippen molar-refractivity contribution in [2.75, 3.05) is 25.5 Å². The quantitative estimate of drug-likeness (QED) is 0.752. The highest BCUT2D eigenvalue weighted by molar-refractivity contribution is 5.52. The number of hydrogen-bond donors (Lipinski definition) is 2. The Morgan fingerprint density at radius 3 is 2.86 bits per heavy atom. The van der Waals surface area contributed by atoms with Crippen LogP contribution in [0.5, 0.6) is 0 Å². The van der Waals surface area contributed by atoms with Crippen molar-refractivity contribution in [3.05, 3.63) is 29.8 Å². The van der Waals surface area contributed by atoms with Gasteiger partial charge in [-0.15, -0.1) is 0 Å². The molecule has 1 aliphatic heterocycles. The van der Waals surface area contributed by atoms with Gasteiger partial charge in [0.05, 0.1) is 12.6 Å². The van der Waals surface area contributed by atoms with Crippen LogP contribution in [0.2, 0.25) is 0 Å². The molecule has 2 rings (SSSR count). The van der Waals surface area contributed by atoms with Gasteiger partial charge >= 0.3 is 0 Å². The first-order valence-electron chi connectivity index (χ1n) is 4.94. The molecule has 1 aromatic rings. The van der Waals surface area contributed by atoms with E-state index in [1.165, 1.54) is 11.3 Å². The fourth-order valence-corrected chi connectivity index (χ4v) is 1.55. The van der Waals surface area contributed by atoms with Gasteiger partial charge in [-0.1, -0.05) is 18.2 Å². The van der Waals surface area contributed by atoms with Gasteiger partial charge in [-0.2, -0.15) is 0 Å². The lowest BCUT2D eigenvalue weighted by Gasteiger charge is -2.29. The van der Waals surface area contributed by atoms with Gasteiger partial charge in [-0.05, 0) is 6.07 Å². The molecule has 0 atom stereocenters. The molecule has 1 fully saturated rings. The molecule has 76 valence electrons. The monoisotopic (exact) mass is 192 g/mol. The summed E-state index contributed by atoms with van der Waals surface area (Å²) in [7, 11) is 1.72. The summed E-state index contributed by atoms with van der Waals surface area (Å²) in [5.74, 6) is 0. The van der Waals surface area contributed by atoms with E-state index in [1.54, 1.807) is 7.11 Å². The van der Waals surface area contributed by atoms with E-state index >= 15 is 0 Å². The lowest BCUT2D eigenvalue weighted by molar-refractivity contribution is 0.185. The standard InChI is InChI=1S/C11H16N2O/c1-14-8-9-4-2-3-5-11(9)13-10-6-12-7-10/h2-5,10,12-13H,6-8H2,1H3. The summed E-state index contributed by atoms with van der Waals surface area (Å²) in [6.45, 7) is 2.78. The van der Waals surface area contributed by atoms with Crippen LogP contribution in [-0.4, -0.2) is 26.2 Å². The molecule has 1 aromatic carbocycles. The van der Waals surface area contributed by atoms with Gasteiger partial charge in [0.25, 0.3) is 0 Å². The predicted molar refractivity (Wildman–Crippen MR) is 57.4 cm³/mol. The zero-order valence-electron chi connectivity index (χ0n) is 8.42. The number of methoxy groups -OCH3 is 1. The minimum absolute atomic E-state index is 0.577. The molecule has 1 aliphatic rings. The van der Waals surface area contributed by atoms with Gasteiger partial charge < -0.3 is 15.4 Å². The molecule has 1 heterocycles. The summed E-state index contributed by atoms with van der Waals surface area (Å²) in [5, 5.41) is 6.73. The van der Waals surface area contributed by atoms with Gasteiger partial charge in [-0.3, -0.25) is 0 Å². The normalized spacial score (nSPS) is 16.4. The first-order chi connectivity index (χ1) is 6.90. The van der Waals surface area contributed by atoms with Gasteiger partial charge in [0.15, 0.2) is 0 Å². The van der Waals surface area contributed by atoms with Gasteiger partial charge in [-0.25, -0.2) is 0 Å². The Morgan fingerprint density at radius 1 is 1.43 bits per heavy atom. The molecule has 3 heteroatoms. The maximum Gasteiger partial charge on any atom is 0.0733 e. The summed E-state index contributed by atoms with van der Waals surface area (Å²) in [5.41, 5.74) is 2.42. The Labute approximate surface area is 84.5 Å². The van der Waals surface area contributed by atoms with Crippen LogP contribution in [0.15, 0.2) is 24.3 Å². The van der Waals surface area contributed by atoms with Crippen molar-refractivity contribution in [3.63, 3.8) is 0 Å². The second kappa shape index (κ2) is 4.44. The smallest absolute Gasteiger partial charge is 0.0733 e. The Balaban J connectivity index is 2.05. The van der Waals surface area contributed by atoms with Crippen LogP contribution in [0.3, 0.4) is 0 Å². The van der Waals surface area contributed by atoms with Crippen molar-refractivity contribution in [3.8, 4) is 0 Å². The van der Waals surface area contributed by atoms with Crippen LogP contribution in [-0.2, 0) is 11.3 Å². The highest BCUT2D eigenvalue weighted by Gasteiger charge is 2.16. The van der Waals surface area contributed by atoms with Crippen molar-refractivity contribution in [2.45, 2.75) is 12.6 Å². The number of para-hydroxylation sites is 1. The van der Waals surface area contributed by atoms with Gasteiger partial charge in [0.1, 0.15) is 0 Å². The summed E-state index contributed by atoms with van der Waals surface area (Å²) in [4.78, 5) is 0. The van der Waals surface area contributed by atoms with Gasteiger partial charge in [0, 0.05) is 31.5 Å². The lowest BCUT2D eigenvalue weighted by Crippen LogP contribution is -2.51. The van der Waals surface area contributed by atoms with Crippen LogP contribution in [0, 0.1) is 0 Å². The third-order valence-electron chi connectivity index (χ3n) is 2.46. The fourth-order valence-electron chi connectivity index (χ4n) is 1.55. The SMILES string of the molecule is COCc1ccccc1NC1CNC1. The molecule has 0 aromatic heterocycles. The number of ether oxygens (including phenoxy) is 1. The highest BCUT2D eigenvalue weighted by atomic mass is 16.5. The molecular weight excluding hydrogens is 176 g/mol. The lowest BCUT2D eigenvalue weighted by atomic mass is 10.1. The Bertz CT molecular complexity index is 297. The van der Waals surface area contributed by atoms with Gasteiger partial charge in [0.2, 0.25) is 0 Å². The van der Waals surface area contributed by atoms with Crippen LogP contribution in [0.4, 0.5) is 5.69 Å². The molecule has 0 unspecified atom stereocenters. The Morgan fingerprint density at radius 2 is 2.21 bits per heavy atom. The van der Waals surface area contributed by atoms with Crippen molar-refractivity contribution < 1.29 is 4.74 Å². The van der Waals surface area contributed by atoms with E-state index in [1.807, 2.05) is 12.1 Å². The summed E-state index contributed by atoms with van der Waals surface area (Å²) in [6, 6.07) is 8.87. The molecule has 14 heavy (non-hydrogen) atoms. The van der Waals surface area contributed by atoms with Crippen LogP contribution in [0.25, 0.3) is 0 Å². The maximum absolute atomic E-state index is 5.15. The average Bonchev–Trinajstić information content (AvgIpc) is 2.14. The maximum atomic E-state index is 5.15. The molecule has 3 nitrogen and oxygen atoms in total. The van der Waals surface area contributed by atoms with Crippen LogP contribution < -0.4 is 10.6 Å². The van der Waals surface area contributed by atoms with E-state index in [9.17, 15) is 0 Å². The third kappa shape index (κ3) is 2.05. The number of anilines is 1. The summed E-state index contributed by atoms with van der Waals surface area (Å²) >= 11 is 0. The van der Waals surface area contributed by atoms with E-state index in [2.05, 4.69) is 22.8 Å². The third-order valence-corrected chi connectivity index (χ3v) is 2.46. The predicted octanol–water partition coefficient (Wildman–Crippen LogP) is 1.22. The fraction of sp³-hybridized carbons (Fsp3) is 0.455. The minimum atomic E-state index is 0.577. The molecule has 0 amide bonds. The summed E-state index contributed by atoms with van der Waals surface area (Å²) < 4.78 is 5.15. The molecular formula is C11H16N2O. The van der Waals surface area contributed by atoms with Crippen molar-refractivity contribution in [2.24, 2.45) is 0 Å². The first-order valence-corrected chi connectivity index (χ1v) is 4.94. The largest absolute Gasteiger partial charge is 0.380 e. The second-order valence-electron chi connectivity index (χ2n) is 3.59. The topological polar surface area (TPSA) is 33.3 Å². The van der Waals surface area contributed by atoms with Crippen molar-refractivity contribution >= 4 is 5.69 Å². The zero-order valence-corrected chi connectivity index (χ0v) is 8.42. The van der Waals surface area contributed by atoms with E-state index in [-0.39, 0.29) is 0 Å².